The van der Waals surface area contributed by atoms with E-state index in [1.807, 2.05) is 7.05 Å². The van der Waals surface area contributed by atoms with Crippen molar-refractivity contribution in [2.45, 2.75) is 31.8 Å². The maximum atomic E-state index is 3.28. The molecule has 3 heteroatoms. The number of nitrogens with zero attached hydrogens (tertiary/aromatic N) is 2. The number of likely N-dealkylation sites (tertiary alicyclic amines) is 1. The van der Waals surface area contributed by atoms with Crippen LogP contribution in [-0.2, 0) is 0 Å². The van der Waals surface area contributed by atoms with Gasteiger partial charge in [0, 0.05) is 24.8 Å². The number of nitrogens with one attached hydrogen (secondary N) is 1. The molecule has 0 bridgehead atoms. The lowest BCUT2D eigenvalue weighted by Crippen LogP contribution is -2.41. The smallest absolute Gasteiger partial charge is 0.0366 e. The molecule has 1 aromatic rings. The van der Waals surface area contributed by atoms with E-state index in [0.29, 0.717) is 12.1 Å². The van der Waals surface area contributed by atoms with Crippen molar-refractivity contribution in [3.8, 4) is 0 Å². The Labute approximate surface area is 117 Å². The molecule has 0 aromatic heterocycles. The standard InChI is InChI=1S/C16H27N3/c1-13(17-2)14-5-7-15(8-6-14)19(4)16-9-11-18(3)12-10-16/h5-8,13,16-17H,9-12H2,1-4H3. The van der Waals surface area contributed by atoms with E-state index in [2.05, 4.69) is 60.4 Å². The fraction of sp³-hybridized carbons (Fsp3) is 0.625. The van der Waals surface area contributed by atoms with E-state index in [0.717, 1.165) is 0 Å². The van der Waals surface area contributed by atoms with Crippen molar-refractivity contribution >= 4 is 5.69 Å². The number of hydrogen-bond acceptors (Lipinski definition) is 3. The van der Waals surface area contributed by atoms with Crippen LogP contribution in [0.5, 0.6) is 0 Å². The first-order valence-electron chi connectivity index (χ1n) is 7.30. The van der Waals surface area contributed by atoms with Gasteiger partial charge in [-0.2, -0.15) is 0 Å². The van der Waals surface area contributed by atoms with Crippen LogP contribution in [0.4, 0.5) is 5.69 Å². The van der Waals surface area contributed by atoms with Crippen molar-refractivity contribution in [3.05, 3.63) is 29.8 Å². The van der Waals surface area contributed by atoms with Gasteiger partial charge in [0.1, 0.15) is 0 Å². The third-order valence-electron chi connectivity index (χ3n) is 4.47. The van der Waals surface area contributed by atoms with Crippen molar-refractivity contribution in [3.63, 3.8) is 0 Å². The van der Waals surface area contributed by atoms with Crippen LogP contribution < -0.4 is 10.2 Å². The highest BCUT2D eigenvalue weighted by atomic mass is 15.2. The van der Waals surface area contributed by atoms with Gasteiger partial charge in [-0.05, 0) is 64.6 Å². The average molecular weight is 261 g/mol. The van der Waals surface area contributed by atoms with Crippen LogP contribution in [0, 0.1) is 0 Å². The summed E-state index contributed by atoms with van der Waals surface area (Å²) in [7, 11) is 6.44. The molecule has 0 spiro atoms. The Morgan fingerprint density at radius 2 is 1.79 bits per heavy atom. The minimum Gasteiger partial charge on any atom is -0.372 e. The molecular formula is C16H27N3. The first-order valence-corrected chi connectivity index (χ1v) is 7.30. The maximum absolute atomic E-state index is 3.28. The second kappa shape index (κ2) is 6.40. The molecule has 1 N–H and O–H groups in total. The number of hydrogen-bond donors (Lipinski definition) is 1. The summed E-state index contributed by atoms with van der Waals surface area (Å²) >= 11 is 0. The number of rotatable bonds is 4. The lowest BCUT2D eigenvalue weighted by atomic mass is 10.0. The normalized spacial score (nSPS) is 19.4. The van der Waals surface area contributed by atoms with Gasteiger partial charge >= 0.3 is 0 Å². The summed E-state index contributed by atoms with van der Waals surface area (Å²) < 4.78 is 0. The van der Waals surface area contributed by atoms with Crippen LogP contribution in [0.3, 0.4) is 0 Å². The Morgan fingerprint density at radius 3 is 2.32 bits per heavy atom. The molecule has 3 nitrogen and oxygen atoms in total. The van der Waals surface area contributed by atoms with Gasteiger partial charge in [0.05, 0.1) is 0 Å². The average Bonchev–Trinajstić information content (AvgIpc) is 2.46. The Balaban J connectivity index is 2.01. The van der Waals surface area contributed by atoms with Gasteiger partial charge in [-0.15, -0.1) is 0 Å². The summed E-state index contributed by atoms with van der Waals surface area (Å²) in [5, 5.41) is 3.28. The predicted octanol–water partition coefficient (Wildman–Crippen LogP) is 2.50. The van der Waals surface area contributed by atoms with Crippen LogP contribution in [-0.4, -0.2) is 45.2 Å². The molecule has 1 heterocycles. The Bertz CT molecular complexity index is 379. The second-order valence-electron chi connectivity index (χ2n) is 5.75. The lowest BCUT2D eigenvalue weighted by molar-refractivity contribution is 0.253. The predicted molar refractivity (Wildman–Crippen MR) is 82.8 cm³/mol. The Kier molecular flexibility index (Phi) is 4.83. The fourth-order valence-corrected chi connectivity index (χ4v) is 2.76. The third kappa shape index (κ3) is 3.48. The van der Waals surface area contributed by atoms with Gasteiger partial charge in [0.25, 0.3) is 0 Å². The van der Waals surface area contributed by atoms with Crippen LogP contribution in [0.15, 0.2) is 24.3 Å². The molecule has 0 saturated carbocycles. The minimum absolute atomic E-state index is 0.419. The van der Waals surface area contributed by atoms with Crippen molar-refractivity contribution < 1.29 is 0 Å². The topological polar surface area (TPSA) is 18.5 Å². The van der Waals surface area contributed by atoms with E-state index in [1.165, 1.54) is 37.2 Å². The summed E-state index contributed by atoms with van der Waals surface area (Å²) in [6, 6.07) is 10.1. The van der Waals surface area contributed by atoms with Gasteiger partial charge in [0.2, 0.25) is 0 Å². The van der Waals surface area contributed by atoms with Gasteiger partial charge in [-0.25, -0.2) is 0 Å². The Morgan fingerprint density at radius 1 is 1.21 bits per heavy atom. The summed E-state index contributed by atoms with van der Waals surface area (Å²) in [6.45, 7) is 4.61. The largest absolute Gasteiger partial charge is 0.372 e. The van der Waals surface area contributed by atoms with Crippen LogP contribution in [0.1, 0.15) is 31.4 Å². The molecule has 0 aliphatic carbocycles. The molecule has 1 aliphatic heterocycles. The van der Waals surface area contributed by atoms with E-state index in [4.69, 9.17) is 0 Å². The van der Waals surface area contributed by atoms with E-state index < -0.39 is 0 Å². The van der Waals surface area contributed by atoms with E-state index in [1.54, 1.807) is 0 Å². The first-order chi connectivity index (χ1) is 9.11. The van der Waals surface area contributed by atoms with Crippen molar-refractivity contribution in [2.75, 3.05) is 39.1 Å². The fourth-order valence-electron chi connectivity index (χ4n) is 2.76. The second-order valence-corrected chi connectivity index (χ2v) is 5.75. The molecule has 1 fully saturated rings. The summed E-state index contributed by atoms with van der Waals surface area (Å²) in [5.74, 6) is 0. The highest BCUT2D eigenvalue weighted by Gasteiger charge is 2.20. The highest BCUT2D eigenvalue weighted by Crippen LogP contribution is 2.23. The molecule has 1 aromatic carbocycles. The molecule has 106 valence electrons. The lowest BCUT2D eigenvalue weighted by Gasteiger charge is -2.36. The van der Waals surface area contributed by atoms with E-state index in [9.17, 15) is 0 Å². The number of benzene rings is 1. The van der Waals surface area contributed by atoms with Gasteiger partial charge < -0.3 is 15.1 Å². The summed E-state index contributed by atoms with van der Waals surface area (Å²) in [4.78, 5) is 4.86. The summed E-state index contributed by atoms with van der Waals surface area (Å²) in [5.41, 5.74) is 2.68. The maximum Gasteiger partial charge on any atom is 0.0366 e. The molecular weight excluding hydrogens is 234 g/mol. The van der Waals surface area contributed by atoms with Crippen LogP contribution in [0.2, 0.25) is 0 Å². The first kappa shape index (κ1) is 14.4. The summed E-state index contributed by atoms with van der Waals surface area (Å²) in [6.07, 6.45) is 2.53. The number of anilines is 1. The quantitative estimate of drug-likeness (QED) is 0.898. The minimum atomic E-state index is 0.419. The zero-order valence-corrected chi connectivity index (χ0v) is 12.7. The van der Waals surface area contributed by atoms with Gasteiger partial charge in [0.15, 0.2) is 0 Å². The van der Waals surface area contributed by atoms with Crippen LogP contribution >= 0.6 is 0 Å². The zero-order valence-electron chi connectivity index (χ0n) is 12.7. The molecule has 0 radical (unpaired) electrons. The van der Waals surface area contributed by atoms with E-state index >= 15 is 0 Å². The van der Waals surface area contributed by atoms with E-state index in [-0.39, 0.29) is 0 Å². The third-order valence-corrected chi connectivity index (χ3v) is 4.47. The molecule has 1 unspecified atom stereocenters. The van der Waals surface area contributed by atoms with Gasteiger partial charge in [-0.3, -0.25) is 0 Å². The molecule has 1 aliphatic rings. The zero-order chi connectivity index (χ0) is 13.8. The number of piperidine rings is 1. The molecule has 1 saturated heterocycles. The van der Waals surface area contributed by atoms with Crippen molar-refractivity contribution in [1.82, 2.24) is 10.2 Å². The SMILES string of the molecule is CNC(C)c1ccc(N(C)C2CCN(C)CC2)cc1. The monoisotopic (exact) mass is 261 g/mol. The molecule has 1 atom stereocenters. The van der Waals surface area contributed by atoms with Crippen molar-refractivity contribution in [2.24, 2.45) is 0 Å². The van der Waals surface area contributed by atoms with Crippen molar-refractivity contribution in [1.29, 1.82) is 0 Å². The molecule has 19 heavy (non-hydrogen) atoms. The van der Waals surface area contributed by atoms with Crippen LogP contribution in [0.25, 0.3) is 0 Å². The Hall–Kier alpha value is -1.06. The van der Waals surface area contributed by atoms with Gasteiger partial charge in [-0.1, -0.05) is 12.1 Å². The highest BCUT2D eigenvalue weighted by molar-refractivity contribution is 5.48. The molecule has 2 rings (SSSR count). The molecule has 0 amide bonds.